The molecule has 1 aromatic carbocycles. The first-order valence-corrected chi connectivity index (χ1v) is 5.17. The minimum atomic E-state index is -0.545. The van der Waals surface area contributed by atoms with E-state index in [2.05, 4.69) is 0 Å². The van der Waals surface area contributed by atoms with Gasteiger partial charge >= 0.3 is 0 Å². The molecule has 0 saturated heterocycles. The van der Waals surface area contributed by atoms with E-state index in [1.54, 1.807) is 6.92 Å². The average molecular weight is 244 g/mol. The quantitative estimate of drug-likeness (QED) is 0.712. The molecule has 15 heavy (non-hydrogen) atoms. The minimum Gasteiger partial charge on any atom is -0.304 e. The maximum atomic E-state index is 11.5. The first-order chi connectivity index (χ1) is 7.07. The third-order valence-electron chi connectivity index (χ3n) is 2.34. The van der Waals surface area contributed by atoms with Gasteiger partial charge in [0.2, 0.25) is 0 Å². The molecule has 1 aliphatic rings. The Bertz CT molecular complexity index is 471. The van der Waals surface area contributed by atoms with Crippen LogP contribution >= 0.6 is 23.2 Å². The van der Waals surface area contributed by atoms with Crippen LogP contribution in [0.2, 0.25) is 10.0 Å². The van der Waals surface area contributed by atoms with E-state index in [0.29, 0.717) is 22.8 Å². The topological polar surface area (TPSA) is 37.4 Å². The van der Waals surface area contributed by atoms with Crippen molar-refractivity contribution in [2.45, 2.75) is 6.92 Å². The van der Waals surface area contributed by atoms with Crippen LogP contribution in [0.1, 0.15) is 17.3 Å². The molecule has 0 radical (unpaired) electrons. The first kappa shape index (κ1) is 10.5. The van der Waals surface area contributed by atoms with Gasteiger partial charge in [-0.1, -0.05) is 23.2 Å². The van der Waals surface area contributed by atoms with E-state index < -0.39 is 11.7 Å². The van der Waals surface area contributed by atoms with Crippen LogP contribution in [0, 0.1) is 0 Å². The number of likely N-dealkylation sites (N-methyl/N-ethyl adjacent to an activating group) is 1. The summed E-state index contributed by atoms with van der Waals surface area (Å²) in [5.41, 5.74) is 0.762. The summed E-state index contributed by atoms with van der Waals surface area (Å²) in [5.74, 6) is -1.07. The molecule has 0 aromatic heterocycles. The van der Waals surface area contributed by atoms with Crippen LogP contribution in [-0.2, 0) is 4.79 Å². The predicted octanol–water partition coefficient (Wildman–Crippen LogP) is 2.54. The molecule has 0 bridgehead atoms. The zero-order chi connectivity index (χ0) is 11.2. The van der Waals surface area contributed by atoms with Crippen LogP contribution in [-0.4, -0.2) is 18.2 Å². The number of halogens is 2. The van der Waals surface area contributed by atoms with E-state index >= 15 is 0 Å². The fourth-order valence-electron chi connectivity index (χ4n) is 1.63. The van der Waals surface area contributed by atoms with Crippen molar-refractivity contribution in [1.82, 2.24) is 0 Å². The highest BCUT2D eigenvalue weighted by Crippen LogP contribution is 2.39. The molecule has 0 aliphatic carbocycles. The molecule has 0 saturated carbocycles. The van der Waals surface area contributed by atoms with Crippen molar-refractivity contribution in [2.75, 3.05) is 11.4 Å². The summed E-state index contributed by atoms with van der Waals surface area (Å²) >= 11 is 11.8. The number of benzene rings is 1. The van der Waals surface area contributed by atoms with Crippen molar-refractivity contribution in [3.05, 3.63) is 27.7 Å². The van der Waals surface area contributed by atoms with Gasteiger partial charge in [0.15, 0.2) is 0 Å². The van der Waals surface area contributed by atoms with Crippen molar-refractivity contribution >= 4 is 40.6 Å². The monoisotopic (exact) mass is 243 g/mol. The van der Waals surface area contributed by atoms with E-state index in [1.807, 2.05) is 0 Å². The molecule has 1 heterocycles. The fraction of sp³-hybridized carbons (Fsp3) is 0.200. The number of fused-ring (bicyclic) bond motifs is 1. The molecule has 0 atom stereocenters. The molecule has 1 aromatic rings. The lowest BCUT2D eigenvalue weighted by Gasteiger charge is -2.15. The van der Waals surface area contributed by atoms with E-state index in [1.165, 1.54) is 17.0 Å². The lowest BCUT2D eigenvalue weighted by atomic mass is 10.1. The van der Waals surface area contributed by atoms with Crippen LogP contribution in [0.5, 0.6) is 0 Å². The van der Waals surface area contributed by atoms with Gasteiger partial charge in [-0.15, -0.1) is 0 Å². The molecule has 0 spiro atoms. The number of anilines is 1. The van der Waals surface area contributed by atoms with E-state index in [4.69, 9.17) is 23.2 Å². The second-order valence-corrected chi connectivity index (χ2v) is 3.92. The number of Topliss-reactive ketones (excluding diaryl/α,β-unsaturated/α-hetero) is 1. The highest BCUT2D eigenvalue weighted by molar-refractivity contribution is 6.55. The van der Waals surface area contributed by atoms with Gasteiger partial charge < -0.3 is 4.90 Å². The molecular weight excluding hydrogens is 237 g/mol. The molecule has 0 fully saturated rings. The lowest BCUT2D eigenvalue weighted by Crippen LogP contribution is -2.29. The Morgan fingerprint density at radius 2 is 1.93 bits per heavy atom. The Hall–Kier alpha value is -1.06. The van der Waals surface area contributed by atoms with Crippen LogP contribution in [0.15, 0.2) is 12.1 Å². The maximum Gasteiger partial charge on any atom is 0.299 e. The standard InChI is InChI=1S/C10H7Cl2NO2/c1-2-13-8-5(9(14)10(13)15)3-4-6(11)7(8)12/h3-4H,2H2,1H3. The molecular formula is C10H7Cl2NO2. The molecule has 1 amide bonds. The second-order valence-electron chi connectivity index (χ2n) is 3.14. The lowest BCUT2D eigenvalue weighted by molar-refractivity contribution is -0.114. The normalized spacial score (nSPS) is 14.7. The molecule has 2 rings (SSSR count). The van der Waals surface area contributed by atoms with Crippen LogP contribution < -0.4 is 4.90 Å². The Kier molecular flexibility index (Phi) is 2.44. The van der Waals surface area contributed by atoms with Gasteiger partial charge in [0.1, 0.15) is 0 Å². The number of carbonyl (C=O) groups is 2. The SMILES string of the molecule is CCN1C(=O)C(=O)c2ccc(Cl)c(Cl)c21. The van der Waals surface area contributed by atoms with E-state index in [-0.39, 0.29) is 5.02 Å². The molecule has 5 heteroatoms. The summed E-state index contributed by atoms with van der Waals surface area (Å²) in [4.78, 5) is 24.4. The Morgan fingerprint density at radius 3 is 2.53 bits per heavy atom. The van der Waals surface area contributed by atoms with Crippen LogP contribution in [0.25, 0.3) is 0 Å². The van der Waals surface area contributed by atoms with E-state index in [0.717, 1.165) is 0 Å². The second kappa shape index (κ2) is 3.51. The number of hydrogen-bond acceptors (Lipinski definition) is 2. The molecule has 78 valence electrons. The van der Waals surface area contributed by atoms with Crippen molar-refractivity contribution in [3.63, 3.8) is 0 Å². The number of nitrogens with zero attached hydrogens (tertiary/aromatic N) is 1. The van der Waals surface area contributed by atoms with Crippen molar-refractivity contribution in [1.29, 1.82) is 0 Å². The first-order valence-electron chi connectivity index (χ1n) is 4.42. The van der Waals surface area contributed by atoms with Gasteiger partial charge in [0, 0.05) is 6.54 Å². The van der Waals surface area contributed by atoms with Crippen molar-refractivity contribution in [2.24, 2.45) is 0 Å². The van der Waals surface area contributed by atoms with Gasteiger partial charge in [-0.2, -0.15) is 0 Å². The minimum absolute atomic E-state index is 0.259. The van der Waals surface area contributed by atoms with Gasteiger partial charge in [-0.3, -0.25) is 9.59 Å². The van der Waals surface area contributed by atoms with Crippen molar-refractivity contribution in [3.8, 4) is 0 Å². The number of rotatable bonds is 1. The summed E-state index contributed by atoms with van der Waals surface area (Å²) < 4.78 is 0. The third kappa shape index (κ3) is 1.34. The van der Waals surface area contributed by atoms with Gasteiger partial charge in [0.05, 0.1) is 21.3 Å². The highest BCUT2D eigenvalue weighted by atomic mass is 35.5. The summed E-state index contributed by atoms with van der Waals surface area (Å²) in [6, 6.07) is 3.05. The predicted molar refractivity (Wildman–Crippen MR) is 58.8 cm³/mol. The molecule has 1 aliphatic heterocycles. The summed E-state index contributed by atoms with van der Waals surface area (Å²) in [5, 5.41) is 0.603. The van der Waals surface area contributed by atoms with Gasteiger partial charge in [-0.05, 0) is 19.1 Å². The van der Waals surface area contributed by atoms with Crippen molar-refractivity contribution < 1.29 is 9.59 Å². The Balaban J connectivity index is 2.72. The average Bonchev–Trinajstić information content (AvgIpc) is 2.47. The zero-order valence-corrected chi connectivity index (χ0v) is 9.39. The highest BCUT2D eigenvalue weighted by Gasteiger charge is 2.37. The maximum absolute atomic E-state index is 11.5. The smallest absolute Gasteiger partial charge is 0.299 e. The summed E-state index contributed by atoms with van der Waals surface area (Å²) in [6.45, 7) is 2.18. The fourth-order valence-corrected chi connectivity index (χ4v) is 2.05. The van der Waals surface area contributed by atoms with Gasteiger partial charge in [-0.25, -0.2) is 0 Å². The molecule has 0 N–H and O–H groups in total. The third-order valence-corrected chi connectivity index (χ3v) is 3.13. The largest absolute Gasteiger partial charge is 0.304 e. The number of carbonyl (C=O) groups excluding carboxylic acids is 2. The number of amides is 1. The van der Waals surface area contributed by atoms with Crippen LogP contribution in [0.3, 0.4) is 0 Å². The Morgan fingerprint density at radius 1 is 1.27 bits per heavy atom. The van der Waals surface area contributed by atoms with Gasteiger partial charge in [0.25, 0.3) is 11.7 Å². The summed E-state index contributed by atoms with van der Waals surface area (Å²) in [7, 11) is 0. The molecule has 0 unspecified atom stereocenters. The van der Waals surface area contributed by atoms with Crippen LogP contribution in [0.4, 0.5) is 5.69 Å². The number of ketones is 1. The molecule has 3 nitrogen and oxygen atoms in total. The summed E-state index contributed by atoms with van der Waals surface area (Å²) in [6.07, 6.45) is 0. The zero-order valence-electron chi connectivity index (χ0n) is 7.88. The van der Waals surface area contributed by atoms with E-state index in [9.17, 15) is 9.59 Å². The number of hydrogen-bond donors (Lipinski definition) is 0. The Labute approximate surface area is 96.6 Å².